The Morgan fingerprint density at radius 1 is 1.09 bits per heavy atom. The number of nitrogens with zero attached hydrogens (tertiary/aromatic N) is 2. The minimum atomic E-state index is -3.62. The summed E-state index contributed by atoms with van der Waals surface area (Å²) < 4.78 is 27.5. The SMILES string of the molecule is Cc1cccc(S(=O)(=O)N2CCCC[C@@H]2C(=O)N2CCCC2)c1. The van der Waals surface area contributed by atoms with Crippen LogP contribution in [0.5, 0.6) is 0 Å². The van der Waals surface area contributed by atoms with Gasteiger partial charge in [0, 0.05) is 19.6 Å². The van der Waals surface area contributed by atoms with E-state index in [9.17, 15) is 13.2 Å². The van der Waals surface area contributed by atoms with Crippen LogP contribution in [0.25, 0.3) is 0 Å². The maximum absolute atomic E-state index is 13.0. The molecule has 1 amide bonds. The third-order valence-electron chi connectivity index (χ3n) is 4.75. The molecule has 6 heteroatoms. The number of carbonyl (C=O) groups excluding carboxylic acids is 1. The number of hydrogen-bond acceptors (Lipinski definition) is 3. The zero-order valence-corrected chi connectivity index (χ0v) is 14.4. The summed E-state index contributed by atoms with van der Waals surface area (Å²) in [6.45, 7) is 3.82. The van der Waals surface area contributed by atoms with Crippen LogP contribution in [0.15, 0.2) is 29.2 Å². The van der Waals surface area contributed by atoms with E-state index < -0.39 is 16.1 Å². The molecule has 2 saturated heterocycles. The van der Waals surface area contributed by atoms with Crippen molar-refractivity contribution < 1.29 is 13.2 Å². The van der Waals surface area contributed by atoms with Crippen LogP contribution in [-0.4, -0.2) is 49.2 Å². The molecule has 2 heterocycles. The summed E-state index contributed by atoms with van der Waals surface area (Å²) >= 11 is 0. The second-order valence-electron chi connectivity index (χ2n) is 6.48. The van der Waals surface area contributed by atoms with Crippen LogP contribution < -0.4 is 0 Å². The first-order valence-corrected chi connectivity index (χ1v) is 9.81. The van der Waals surface area contributed by atoms with Crippen molar-refractivity contribution >= 4 is 15.9 Å². The van der Waals surface area contributed by atoms with Gasteiger partial charge < -0.3 is 4.90 Å². The molecule has 0 saturated carbocycles. The van der Waals surface area contributed by atoms with Crippen molar-refractivity contribution in [3.05, 3.63) is 29.8 Å². The molecule has 0 aliphatic carbocycles. The molecule has 3 rings (SSSR count). The van der Waals surface area contributed by atoms with Gasteiger partial charge in [0.2, 0.25) is 15.9 Å². The van der Waals surface area contributed by atoms with Gasteiger partial charge in [-0.15, -0.1) is 0 Å². The van der Waals surface area contributed by atoms with E-state index in [1.807, 2.05) is 17.9 Å². The van der Waals surface area contributed by atoms with Gasteiger partial charge in [-0.2, -0.15) is 4.31 Å². The largest absolute Gasteiger partial charge is 0.341 e. The van der Waals surface area contributed by atoms with Gasteiger partial charge in [-0.1, -0.05) is 18.6 Å². The van der Waals surface area contributed by atoms with E-state index in [0.717, 1.165) is 44.3 Å². The van der Waals surface area contributed by atoms with Gasteiger partial charge in [0.25, 0.3) is 0 Å². The first-order valence-electron chi connectivity index (χ1n) is 8.37. The number of rotatable bonds is 3. The van der Waals surface area contributed by atoms with Gasteiger partial charge in [0.05, 0.1) is 4.90 Å². The van der Waals surface area contributed by atoms with Crippen LogP contribution in [0.3, 0.4) is 0 Å². The Morgan fingerprint density at radius 3 is 2.48 bits per heavy atom. The number of carbonyl (C=O) groups is 1. The highest BCUT2D eigenvalue weighted by molar-refractivity contribution is 7.89. The fraction of sp³-hybridized carbons (Fsp3) is 0.588. The molecule has 2 aliphatic heterocycles. The lowest BCUT2D eigenvalue weighted by atomic mass is 10.0. The molecular weight excluding hydrogens is 312 g/mol. The maximum Gasteiger partial charge on any atom is 0.243 e. The third-order valence-corrected chi connectivity index (χ3v) is 6.66. The predicted molar refractivity (Wildman–Crippen MR) is 88.5 cm³/mol. The standard InChI is InChI=1S/C17H24N2O3S/c1-14-7-6-8-15(13-14)23(21,22)19-12-3-2-9-16(19)17(20)18-10-4-5-11-18/h6-8,13,16H,2-5,9-12H2,1H3/t16-/m1/s1. The van der Waals surface area contributed by atoms with Crippen LogP contribution in [-0.2, 0) is 14.8 Å². The molecule has 0 N–H and O–H groups in total. The molecule has 2 fully saturated rings. The summed E-state index contributed by atoms with van der Waals surface area (Å²) in [5.74, 6) is -0.0153. The fourth-order valence-electron chi connectivity index (χ4n) is 3.50. The number of hydrogen-bond donors (Lipinski definition) is 0. The highest BCUT2D eigenvalue weighted by atomic mass is 32.2. The number of piperidine rings is 1. The van der Waals surface area contributed by atoms with Gasteiger partial charge in [0.1, 0.15) is 6.04 Å². The van der Waals surface area contributed by atoms with Crippen LogP contribution in [0, 0.1) is 6.92 Å². The minimum absolute atomic E-state index is 0.0153. The van der Waals surface area contributed by atoms with Crippen molar-refractivity contribution in [1.82, 2.24) is 9.21 Å². The Kier molecular flexibility index (Phi) is 4.73. The van der Waals surface area contributed by atoms with Crippen molar-refractivity contribution in [1.29, 1.82) is 0 Å². The average molecular weight is 336 g/mol. The zero-order valence-electron chi connectivity index (χ0n) is 13.6. The van der Waals surface area contributed by atoms with E-state index in [4.69, 9.17) is 0 Å². The molecule has 5 nitrogen and oxygen atoms in total. The Morgan fingerprint density at radius 2 is 1.78 bits per heavy atom. The van der Waals surface area contributed by atoms with Gasteiger partial charge in [0.15, 0.2) is 0 Å². The monoisotopic (exact) mass is 336 g/mol. The van der Waals surface area contributed by atoms with Gasteiger partial charge in [-0.3, -0.25) is 4.79 Å². The molecule has 0 spiro atoms. The number of aryl methyl sites for hydroxylation is 1. The first-order chi connectivity index (χ1) is 11.0. The Labute approximate surface area is 138 Å². The average Bonchev–Trinajstić information content (AvgIpc) is 3.08. The topological polar surface area (TPSA) is 57.7 Å². The molecule has 2 aliphatic rings. The van der Waals surface area contributed by atoms with E-state index >= 15 is 0 Å². The van der Waals surface area contributed by atoms with Gasteiger partial charge in [-0.25, -0.2) is 8.42 Å². The van der Waals surface area contributed by atoms with Crippen LogP contribution in [0.2, 0.25) is 0 Å². The van der Waals surface area contributed by atoms with Gasteiger partial charge >= 0.3 is 0 Å². The van der Waals surface area contributed by atoms with E-state index in [1.165, 1.54) is 4.31 Å². The molecule has 0 unspecified atom stereocenters. The normalized spacial score (nSPS) is 23.2. The smallest absolute Gasteiger partial charge is 0.243 e. The summed E-state index contributed by atoms with van der Waals surface area (Å²) in [7, 11) is -3.62. The summed E-state index contributed by atoms with van der Waals surface area (Å²) in [4.78, 5) is 14.9. The van der Waals surface area contributed by atoms with E-state index in [2.05, 4.69) is 0 Å². The lowest BCUT2D eigenvalue weighted by Gasteiger charge is -2.35. The number of sulfonamides is 1. The van der Waals surface area contributed by atoms with Crippen molar-refractivity contribution in [3.63, 3.8) is 0 Å². The van der Waals surface area contributed by atoms with Crippen LogP contribution in [0.1, 0.15) is 37.7 Å². The molecular formula is C17H24N2O3S. The molecule has 23 heavy (non-hydrogen) atoms. The lowest BCUT2D eigenvalue weighted by Crippen LogP contribution is -2.52. The molecule has 126 valence electrons. The minimum Gasteiger partial charge on any atom is -0.341 e. The second-order valence-corrected chi connectivity index (χ2v) is 8.37. The zero-order chi connectivity index (χ0) is 16.4. The molecule has 1 aromatic rings. The highest BCUT2D eigenvalue weighted by Crippen LogP contribution is 2.27. The van der Waals surface area contributed by atoms with Gasteiger partial charge in [-0.05, 0) is 50.3 Å². The third kappa shape index (κ3) is 3.28. The van der Waals surface area contributed by atoms with E-state index in [-0.39, 0.29) is 5.91 Å². The molecule has 0 bridgehead atoms. The summed E-state index contributed by atoms with van der Waals surface area (Å²) in [5.41, 5.74) is 0.908. The van der Waals surface area contributed by atoms with E-state index in [1.54, 1.807) is 18.2 Å². The summed E-state index contributed by atoms with van der Waals surface area (Å²) in [6, 6.07) is 6.40. The van der Waals surface area contributed by atoms with Crippen molar-refractivity contribution in [2.24, 2.45) is 0 Å². The van der Waals surface area contributed by atoms with E-state index in [0.29, 0.717) is 17.9 Å². The highest BCUT2D eigenvalue weighted by Gasteiger charge is 2.39. The number of amides is 1. The summed E-state index contributed by atoms with van der Waals surface area (Å²) in [5, 5.41) is 0. The lowest BCUT2D eigenvalue weighted by molar-refractivity contribution is -0.135. The summed E-state index contributed by atoms with van der Waals surface area (Å²) in [6.07, 6.45) is 4.38. The molecule has 1 atom stereocenters. The van der Waals surface area contributed by atoms with Crippen molar-refractivity contribution in [2.75, 3.05) is 19.6 Å². The molecule has 0 radical (unpaired) electrons. The maximum atomic E-state index is 13.0. The fourth-order valence-corrected chi connectivity index (χ4v) is 5.26. The molecule has 1 aromatic carbocycles. The molecule has 0 aromatic heterocycles. The quantitative estimate of drug-likeness (QED) is 0.850. The predicted octanol–water partition coefficient (Wildman–Crippen LogP) is 2.16. The first kappa shape index (κ1) is 16.5. The van der Waals surface area contributed by atoms with Crippen LogP contribution >= 0.6 is 0 Å². The second kappa shape index (κ2) is 6.61. The Hall–Kier alpha value is -1.40. The Bertz CT molecular complexity index is 681. The van der Waals surface area contributed by atoms with Crippen molar-refractivity contribution in [3.8, 4) is 0 Å². The van der Waals surface area contributed by atoms with Crippen molar-refractivity contribution in [2.45, 2.75) is 50.0 Å². The number of likely N-dealkylation sites (tertiary alicyclic amines) is 1. The number of benzene rings is 1. The van der Waals surface area contributed by atoms with Crippen LogP contribution in [0.4, 0.5) is 0 Å². The Balaban J connectivity index is 1.89.